The quantitative estimate of drug-likeness (QED) is 0.144. The largest absolute Gasteiger partial charge is 0.238 e. The van der Waals surface area contributed by atoms with E-state index in [1.54, 1.807) is 0 Å². The first-order valence-electron chi connectivity index (χ1n) is 21.1. The molecule has 0 amide bonds. The fourth-order valence-corrected chi connectivity index (χ4v) is 9.19. The number of aromatic nitrogens is 3. The molecule has 0 fully saturated rings. The van der Waals surface area contributed by atoms with Crippen molar-refractivity contribution in [2.45, 2.75) is 5.41 Å². The molecule has 0 N–H and O–H groups in total. The van der Waals surface area contributed by atoms with Gasteiger partial charge in [-0.05, 0) is 72.8 Å². The molecule has 0 bridgehead atoms. The zero-order chi connectivity index (χ0) is 42.2. The van der Waals surface area contributed by atoms with Gasteiger partial charge in [0.1, 0.15) is 0 Å². The summed E-state index contributed by atoms with van der Waals surface area (Å²) in [5, 5.41) is 0. The lowest BCUT2D eigenvalue weighted by Gasteiger charge is -2.34. The predicted octanol–water partition coefficient (Wildman–Crippen LogP) is 14.8. The van der Waals surface area contributed by atoms with Gasteiger partial charge in [0.15, 0.2) is 23.2 Å². The number of hydrogen-bond acceptors (Lipinski definition) is 3. The first-order chi connectivity index (χ1) is 31.2. The molecule has 1 heterocycles. The number of fused-ring (bicyclic) bond motifs is 3. The van der Waals surface area contributed by atoms with Crippen molar-refractivity contribution in [3.8, 4) is 78.7 Å². The van der Waals surface area contributed by atoms with Gasteiger partial charge in [0.05, 0.1) is 12.0 Å². The van der Waals surface area contributed by atoms with Crippen LogP contribution in [0.15, 0.2) is 231 Å². The smallest absolute Gasteiger partial charge is 0.187 e. The lowest BCUT2D eigenvalue weighted by molar-refractivity contribution is 0.769. The molecule has 63 heavy (non-hydrogen) atoms. The first kappa shape index (κ1) is 37.5. The summed E-state index contributed by atoms with van der Waals surface area (Å²) >= 11 is 0. The van der Waals surface area contributed by atoms with E-state index in [-0.39, 0.29) is 0 Å². The first-order valence-corrected chi connectivity index (χ1v) is 21.1. The van der Waals surface area contributed by atoms with E-state index in [0.29, 0.717) is 23.2 Å². The molecule has 4 nitrogen and oxygen atoms in total. The Kier molecular flexibility index (Phi) is 9.41. The highest BCUT2D eigenvalue weighted by atomic mass is 15.0. The maximum absolute atomic E-state index is 7.90. The molecule has 0 saturated heterocycles. The number of benzene rings is 9. The highest BCUT2D eigenvalue weighted by Gasteiger charge is 2.46. The Hall–Kier alpha value is -8.52. The van der Waals surface area contributed by atoms with Gasteiger partial charge >= 0.3 is 0 Å². The van der Waals surface area contributed by atoms with Crippen LogP contribution in [0.3, 0.4) is 0 Å². The molecule has 294 valence electrons. The zero-order valence-corrected chi connectivity index (χ0v) is 34.2. The van der Waals surface area contributed by atoms with Crippen molar-refractivity contribution in [2.75, 3.05) is 0 Å². The van der Waals surface area contributed by atoms with Crippen LogP contribution in [0.1, 0.15) is 22.3 Å². The van der Waals surface area contributed by atoms with Gasteiger partial charge in [0.25, 0.3) is 0 Å². The van der Waals surface area contributed by atoms with Crippen LogP contribution in [-0.4, -0.2) is 15.0 Å². The van der Waals surface area contributed by atoms with Crippen molar-refractivity contribution >= 4 is 5.69 Å². The minimum Gasteiger partial charge on any atom is -0.238 e. The van der Waals surface area contributed by atoms with Crippen LogP contribution in [-0.2, 0) is 5.41 Å². The Morgan fingerprint density at radius 2 is 0.619 bits per heavy atom. The summed E-state index contributed by atoms with van der Waals surface area (Å²) in [4.78, 5) is 18.8. The molecule has 1 aliphatic carbocycles. The molecule has 0 radical (unpaired) electrons. The van der Waals surface area contributed by atoms with Gasteiger partial charge in [0, 0.05) is 16.7 Å². The van der Waals surface area contributed by atoms with Crippen LogP contribution < -0.4 is 0 Å². The van der Waals surface area contributed by atoms with Crippen LogP contribution in [0.4, 0.5) is 5.69 Å². The lowest BCUT2D eigenvalue weighted by Crippen LogP contribution is -2.28. The molecule has 1 aliphatic rings. The molecule has 0 aliphatic heterocycles. The van der Waals surface area contributed by atoms with Gasteiger partial charge in [-0.25, -0.2) is 19.8 Å². The SMILES string of the molecule is [C-]#[N+]c1ccc2c(c1)C(c1ccccc1)(c1ccccc1)c1cc(-c3ccc(-c4ccc(-c5nc(-c6ccccc6)nc(-c6ccc(-c7ccccc7)cc6)n5)cc4)cc3)ccc1-2. The zero-order valence-electron chi connectivity index (χ0n) is 34.2. The monoisotopic (exact) mass is 802 g/mol. The van der Waals surface area contributed by atoms with Gasteiger partial charge in [-0.15, -0.1) is 0 Å². The summed E-state index contributed by atoms with van der Waals surface area (Å²) in [6.45, 7) is 7.90. The fourth-order valence-electron chi connectivity index (χ4n) is 9.19. The van der Waals surface area contributed by atoms with Gasteiger partial charge < -0.3 is 0 Å². The summed E-state index contributed by atoms with van der Waals surface area (Å²) in [7, 11) is 0. The maximum atomic E-state index is 7.90. The summed E-state index contributed by atoms with van der Waals surface area (Å²) in [6.07, 6.45) is 0. The molecule has 0 atom stereocenters. The van der Waals surface area contributed by atoms with Crippen LogP contribution >= 0.6 is 0 Å². The van der Waals surface area contributed by atoms with E-state index in [9.17, 15) is 0 Å². The third-order valence-electron chi connectivity index (χ3n) is 12.3. The highest BCUT2D eigenvalue weighted by Crippen LogP contribution is 2.57. The van der Waals surface area contributed by atoms with E-state index < -0.39 is 5.41 Å². The van der Waals surface area contributed by atoms with Crippen molar-refractivity contribution in [2.24, 2.45) is 0 Å². The molecule has 9 aromatic carbocycles. The van der Waals surface area contributed by atoms with Crippen molar-refractivity contribution in [1.29, 1.82) is 0 Å². The van der Waals surface area contributed by atoms with E-state index in [2.05, 4.69) is 193 Å². The topological polar surface area (TPSA) is 43.0 Å². The third-order valence-corrected chi connectivity index (χ3v) is 12.3. The average molecular weight is 803 g/mol. The van der Waals surface area contributed by atoms with E-state index in [1.165, 1.54) is 27.8 Å². The number of rotatable bonds is 8. The van der Waals surface area contributed by atoms with E-state index >= 15 is 0 Å². The molecule has 0 unspecified atom stereocenters. The van der Waals surface area contributed by atoms with Crippen LogP contribution in [0.25, 0.3) is 83.5 Å². The predicted molar refractivity (Wildman–Crippen MR) is 256 cm³/mol. The van der Waals surface area contributed by atoms with Crippen LogP contribution in [0.5, 0.6) is 0 Å². The molecule has 1 aromatic heterocycles. The molecule has 0 saturated carbocycles. The third kappa shape index (κ3) is 6.70. The Labute approximate surface area is 367 Å². The second-order valence-corrected chi connectivity index (χ2v) is 15.9. The van der Waals surface area contributed by atoms with Crippen molar-refractivity contribution in [1.82, 2.24) is 15.0 Å². The van der Waals surface area contributed by atoms with Crippen LogP contribution in [0.2, 0.25) is 0 Å². The van der Waals surface area contributed by atoms with Gasteiger partial charge in [-0.2, -0.15) is 0 Å². The van der Waals surface area contributed by atoms with Crippen molar-refractivity contribution in [3.05, 3.63) is 264 Å². The summed E-state index contributed by atoms with van der Waals surface area (Å²) in [6, 6.07) is 80.6. The number of hydrogen-bond donors (Lipinski definition) is 0. The maximum Gasteiger partial charge on any atom is 0.187 e. The minimum absolute atomic E-state index is 0.584. The van der Waals surface area contributed by atoms with Crippen molar-refractivity contribution < 1.29 is 0 Å². The summed E-state index contributed by atoms with van der Waals surface area (Å²) in [5.74, 6) is 1.89. The molecule has 4 heteroatoms. The van der Waals surface area contributed by atoms with E-state index in [4.69, 9.17) is 21.5 Å². The normalized spacial score (nSPS) is 12.2. The Balaban J connectivity index is 0.929. The minimum atomic E-state index is -0.584. The Morgan fingerprint density at radius 1 is 0.302 bits per heavy atom. The molecule has 0 spiro atoms. The second-order valence-electron chi connectivity index (χ2n) is 15.9. The molecular weight excluding hydrogens is 765 g/mol. The van der Waals surface area contributed by atoms with Gasteiger partial charge in [-0.3, -0.25) is 0 Å². The number of nitrogens with zero attached hydrogens (tertiary/aromatic N) is 4. The Bertz CT molecular complexity index is 3250. The molecule has 11 rings (SSSR count). The average Bonchev–Trinajstić information content (AvgIpc) is 3.67. The molecule has 10 aromatic rings. The van der Waals surface area contributed by atoms with Crippen LogP contribution in [0, 0.1) is 6.57 Å². The van der Waals surface area contributed by atoms with E-state index in [1.807, 2.05) is 42.5 Å². The van der Waals surface area contributed by atoms with Crippen molar-refractivity contribution in [3.63, 3.8) is 0 Å². The fraction of sp³-hybridized carbons (Fsp3) is 0.0169. The van der Waals surface area contributed by atoms with Gasteiger partial charge in [-0.1, -0.05) is 224 Å². The van der Waals surface area contributed by atoms with E-state index in [0.717, 1.165) is 55.6 Å². The molecular formula is C59H38N4. The Morgan fingerprint density at radius 3 is 1.06 bits per heavy atom. The summed E-state index contributed by atoms with van der Waals surface area (Å²) in [5.41, 5.74) is 16.7. The summed E-state index contributed by atoms with van der Waals surface area (Å²) < 4.78 is 0. The highest BCUT2D eigenvalue weighted by molar-refractivity contribution is 5.90. The second kappa shape index (κ2) is 15.8. The standard InChI is InChI=1S/C59H38N4/c1-60-51-35-37-53-52-36-34-48(38-54(52)59(55(53)39-51,49-18-10-4-11-19-49)50-20-12-5-13-21-50)44-24-22-42(23-25-44)43-28-32-47(33-29-43)58-62-56(45-16-8-3-9-17-45)61-57(63-58)46-30-26-41(27-31-46)40-14-6-2-7-15-40/h2-39H. The van der Waals surface area contributed by atoms with Gasteiger partial charge in [0.2, 0.25) is 0 Å². The lowest BCUT2D eigenvalue weighted by atomic mass is 9.67.